The van der Waals surface area contributed by atoms with Gasteiger partial charge < -0.3 is 24.4 Å². The van der Waals surface area contributed by atoms with Crippen LogP contribution in [0.3, 0.4) is 0 Å². The van der Waals surface area contributed by atoms with Crippen molar-refractivity contribution in [1.29, 1.82) is 0 Å². The molecule has 2 aromatic carbocycles. The Hall–Kier alpha value is -3.96. The van der Waals surface area contributed by atoms with Crippen LogP contribution in [-0.2, 0) is 9.59 Å². The zero-order valence-corrected chi connectivity index (χ0v) is 22.9. The molecule has 0 spiro atoms. The van der Waals surface area contributed by atoms with Gasteiger partial charge in [0.2, 0.25) is 0 Å². The van der Waals surface area contributed by atoms with Crippen molar-refractivity contribution in [2.75, 3.05) is 20.3 Å². The maximum Gasteiger partial charge on any atom is 0.306 e. The Labute approximate surface area is 231 Å². The lowest BCUT2D eigenvalue weighted by Crippen LogP contribution is -2.13. The molecule has 204 valence electrons. The van der Waals surface area contributed by atoms with Gasteiger partial charge in [-0.2, -0.15) is 0 Å². The smallest absolute Gasteiger partial charge is 0.306 e. The predicted molar refractivity (Wildman–Crippen MR) is 148 cm³/mol. The average molecular weight is 571 g/mol. The zero-order chi connectivity index (χ0) is 28.1. The van der Waals surface area contributed by atoms with Gasteiger partial charge >= 0.3 is 11.9 Å². The van der Waals surface area contributed by atoms with E-state index in [1.807, 2.05) is 12.1 Å². The highest BCUT2D eigenvalue weighted by molar-refractivity contribution is 7.21. The molecule has 0 saturated carbocycles. The summed E-state index contributed by atoms with van der Waals surface area (Å²) in [5, 5.41) is 19.5. The van der Waals surface area contributed by atoms with Crippen molar-refractivity contribution in [3.63, 3.8) is 0 Å². The van der Waals surface area contributed by atoms with Crippen LogP contribution in [0.5, 0.6) is 17.2 Å². The number of hydrogen-bond donors (Lipinski definition) is 2. The van der Waals surface area contributed by atoms with Crippen molar-refractivity contribution in [2.24, 2.45) is 5.92 Å². The van der Waals surface area contributed by atoms with Crippen LogP contribution in [-0.4, -0.2) is 54.0 Å². The second kappa shape index (κ2) is 12.3. The van der Waals surface area contributed by atoms with Crippen molar-refractivity contribution in [2.45, 2.75) is 26.2 Å². The van der Waals surface area contributed by atoms with Crippen LogP contribution in [0.1, 0.15) is 45.5 Å². The molecule has 39 heavy (non-hydrogen) atoms. The Balaban J connectivity index is 1.37. The third kappa shape index (κ3) is 6.92. The van der Waals surface area contributed by atoms with E-state index < -0.39 is 17.9 Å². The Bertz CT molecular complexity index is 1550. The zero-order valence-electron chi connectivity index (χ0n) is 21.2. The predicted octanol–water partition coefficient (Wildman–Crippen LogP) is 5.92. The maximum atomic E-state index is 12.5. The number of carbonyl (C=O) groups is 4. The molecule has 9 nitrogen and oxygen atoms in total. The Morgan fingerprint density at radius 1 is 0.795 bits per heavy atom. The summed E-state index contributed by atoms with van der Waals surface area (Å²) in [4.78, 5) is 47.6. The molecule has 0 bridgehead atoms. The minimum absolute atomic E-state index is 0.0367. The number of thiophene rings is 2. The van der Waals surface area contributed by atoms with Gasteiger partial charge in [-0.15, -0.1) is 22.7 Å². The summed E-state index contributed by atoms with van der Waals surface area (Å²) in [6.07, 6.45) is -0.304. The number of carboxylic acids is 2. The molecule has 0 aliphatic heterocycles. The largest absolute Gasteiger partial charge is 0.493 e. The Kier molecular flexibility index (Phi) is 8.82. The molecular formula is C28H26O9S2. The number of methoxy groups -OCH3 is 1. The monoisotopic (exact) mass is 570 g/mol. The first-order valence-corrected chi connectivity index (χ1v) is 13.7. The van der Waals surface area contributed by atoms with Crippen LogP contribution in [0.15, 0.2) is 42.5 Å². The number of hydrogen-bond acceptors (Lipinski definition) is 9. The van der Waals surface area contributed by atoms with Gasteiger partial charge in [-0.05, 0) is 47.2 Å². The summed E-state index contributed by atoms with van der Waals surface area (Å²) in [6.45, 7) is 1.96. The molecule has 4 rings (SSSR count). The first-order valence-electron chi connectivity index (χ1n) is 12.1. The lowest BCUT2D eigenvalue weighted by atomic mass is 10.0. The second-order valence-electron chi connectivity index (χ2n) is 8.84. The number of aliphatic carboxylic acids is 2. The fraction of sp³-hybridized carbons (Fsp3) is 0.286. The van der Waals surface area contributed by atoms with Gasteiger partial charge in [-0.25, -0.2) is 0 Å². The van der Waals surface area contributed by atoms with Gasteiger partial charge in [0.05, 0.1) is 29.2 Å². The van der Waals surface area contributed by atoms with E-state index in [4.69, 9.17) is 24.4 Å². The third-order valence-corrected chi connectivity index (χ3v) is 8.21. The molecular weight excluding hydrogens is 544 g/mol. The number of fused-ring (bicyclic) bond motifs is 2. The summed E-state index contributed by atoms with van der Waals surface area (Å²) < 4.78 is 18.9. The first-order chi connectivity index (χ1) is 18.6. The topological polar surface area (TPSA) is 136 Å². The van der Waals surface area contributed by atoms with Crippen LogP contribution < -0.4 is 14.2 Å². The number of ether oxygens (including phenoxy) is 3. The molecule has 2 N–H and O–H groups in total. The van der Waals surface area contributed by atoms with E-state index in [0.29, 0.717) is 27.0 Å². The molecule has 0 radical (unpaired) electrons. The first kappa shape index (κ1) is 28.1. The summed E-state index contributed by atoms with van der Waals surface area (Å²) in [5.41, 5.74) is 0. The highest BCUT2D eigenvalue weighted by Gasteiger charge is 2.20. The van der Waals surface area contributed by atoms with E-state index in [1.165, 1.54) is 36.7 Å². The van der Waals surface area contributed by atoms with E-state index in [2.05, 4.69) is 0 Å². The summed E-state index contributed by atoms with van der Waals surface area (Å²) >= 11 is 2.58. The molecule has 0 unspecified atom stereocenters. The van der Waals surface area contributed by atoms with Crippen molar-refractivity contribution >= 4 is 66.4 Å². The van der Waals surface area contributed by atoms with Crippen LogP contribution in [0.4, 0.5) is 0 Å². The summed E-state index contributed by atoms with van der Waals surface area (Å²) in [7, 11) is 1.52. The van der Waals surface area contributed by atoms with Crippen LogP contribution >= 0.6 is 22.7 Å². The normalized spacial score (nSPS) is 11.8. The highest BCUT2D eigenvalue weighted by atomic mass is 32.1. The number of rotatable bonds is 14. The third-order valence-electron chi connectivity index (χ3n) is 5.93. The molecule has 1 atom stereocenters. The quantitative estimate of drug-likeness (QED) is 0.140. The fourth-order valence-electron chi connectivity index (χ4n) is 3.82. The van der Waals surface area contributed by atoms with Gasteiger partial charge in [0.15, 0.2) is 23.1 Å². The van der Waals surface area contributed by atoms with Crippen LogP contribution in [0.25, 0.3) is 20.2 Å². The molecule has 11 heteroatoms. The molecule has 2 aromatic heterocycles. The number of carboxylic acid groups (broad SMARTS) is 2. The molecule has 0 fully saturated rings. The van der Waals surface area contributed by atoms with Crippen LogP contribution in [0, 0.1) is 5.92 Å². The Morgan fingerprint density at radius 3 is 2.15 bits per heavy atom. The molecule has 2 heterocycles. The second-order valence-corrected chi connectivity index (χ2v) is 11.0. The lowest BCUT2D eigenvalue weighted by Gasteiger charge is -2.12. The SMILES string of the molecule is COc1cc2sc(C(=O)C[C@H](C)C(=O)O)cc2cc1OCCOc1ccc2cc(C(=O)CCC(=O)O)sc2c1. The van der Waals surface area contributed by atoms with E-state index >= 15 is 0 Å². The lowest BCUT2D eigenvalue weighted by molar-refractivity contribution is -0.141. The van der Waals surface area contributed by atoms with Crippen molar-refractivity contribution in [3.8, 4) is 17.2 Å². The van der Waals surface area contributed by atoms with Crippen molar-refractivity contribution in [1.82, 2.24) is 0 Å². The van der Waals surface area contributed by atoms with Gasteiger partial charge in [0.25, 0.3) is 0 Å². The maximum absolute atomic E-state index is 12.5. The van der Waals surface area contributed by atoms with Crippen molar-refractivity contribution < 1.29 is 43.6 Å². The minimum Gasteiger partial charge on any atom is -0.493 e. The van der Waals surface area contributed by atoms with E-state index in [0.717, 1.165) is 20.2 Å². The molecule has 0 aliphatic carbocycles. The highest BCUT2D eigenvalue weighted by Crippen LogP contribution is 2.37. The van der Waals surface area contributed by atoms with Gasteiger partial charge in [0.1, 0.15) is 19.0 Å². The van der Waals surface area contributed by atoms with Crippen molar-refractivity contribution in [3.05, 3.63) is 52.2 Å². The van der Waals surface area contributed by atoms with E-state index in [9.17, 15) is 19.2 Å². The summed E-state index contributed by atoms with van der Waals surface area (Å²) in [5.74, 6) is -1.59. The average Bonchev–Trinajstić information content (AvgIpc) is 3.52. The van der Waals surface area contributed by atoms with Gasteiger partial charge in [0, 0.05) is 28.3 Å². The Morgan fingerprint density at radius 2 is 1.46 bits per heavy atom. The van der Waals surface area contributed by atoms with E-state index in [-0.39, 0.29) is 44.0 Å². The number of carbonyl (C=O) groups excluding carboxylic acids is 2. The molecule has 4 aromatic rings. The van der Waals surface area contributed by atoms with Gasteiger partial charge in [-0.1, -0.05) is 6.92 Å². The molecule has 0 aliphatic rings. The van der Waals surface area contributed by atoms with Crippen LogP contribution in [0.2, 0.25) is 0 Å². The number of ketones is 2. The minimum atomic E-state index is -1.01. The number of benzene rings is 2. The standard InChI is InChI=1S/C28H26O9S2/c1-15(28(33)34)9-20(30)26-12-17-10-22(21(35-2)14-24(17)39-26)37-8-7-36-18-4-3-16-11-25(38-23(16)13-18)19(29)5-6-27(31)32/h3-4,10-15H,5-9H2,1-2H3,(H,31,32)(H,33,34)/t15-/m0/s1. The van der Waals surface area contributed by atoms with Gasteiger partial charge in [-0.3, -0.25) is 19.2 Å². The van der Waals surface area contributed by atoms with E-state index in [1.54, 1.807) is 30.3 Å². The fourth-order valence-corrected chi connectivity index (χ4v) is 5.90. The molecule has 0 saturated heterocycles. The summed E-state index contributed by atoms with van der Waals surface area (Å²) in [6, 6.07) is 12.5. The number of Topliss-reactive ketones (excluding diaryl/α,β-unsaturated/α-hetero) is 2. The molecule has 0 amide bonds.